The van der Waals surface area contributed by atoms with Gasteiger partial charge in [0.05, 0.1) is 5.69 Å². The number of aliphatic carboxylic acids is 1. The van der Waals surface area contributed by atoms with Crippen LogP contribution in [-0.4, -0.2) is 27.4 Å². The highest BCUT2D eigenvalue weighted by atomic mass is 16.8. The lowest BCUT2D eigenvalue weighted by atomic mass is 10.0. The van der Waals surface area contributed by atoms with Crippen molar-refractivity contribution in [1.82, 2.24) is 0 Å². The fourth-order valence-electron chi connectivity index (χ4n) is 1.17. The maximum atomic E-state index is 10.6. The average molecular weight is 227 g/mol. The molecule has 0 aliphatic heterocycles. The summed E-state index contributed by atoms with van der Waals surface area (Å²) in [4.78, 5) is 10.5. The Balaban J connectivity index is 2.95. The Kier molecular flexibility index (Phi) is 3.80. The SMILES string of the molecule is N[C@H](C(=O)O)[C@H](O)c1cccc(N([O-])O)c1. The lowest BCUT2D eigenvalue weighted by molar-refractivity contribution is -0.141. The maximum Gasteiger partial charge on any atom is 0.323 e. The van der Waals surface area contributed by atoms with Gasteiger partial charge in [-0.25, -0.2) is 0 Å². The largest absolute Gasteiger partial charge is 0.733 e. The van der Waals surface area contributed by atoms with E-state index in [0.717, 1.165) is 6.07 Å². The maximum absolute atomic E-state index is 10.6. The summed E-state index contributed by atoms with van der Waals surface area (Å²) in [6.07, 6.45) is -1.45. The van der Waals surface area contributed by atoms with Gasteiger partial charge in [0, 0.05) is 0 Å². The first-order valence-corrected chi connectivity index (χ1v) is 4.36. The Labute approximate surface area is 90.9 Å². The van der Waals surface area contributed by atoms with Crippen molar-refractivity contribution in [3.05, 3.63) is 35.0 Å². The molecule has 0 saturated heterocycles. The summed E-state index contributed by atoms with van der Waals surface area (Å²) in [7, 11) is 0. The zero-order valence-corrected chi connectivity index (χ0v) is 8.15. The van der Waals surface area contributed by atoms with E-state index >= 15 is 0 Å². The number of benzene rings is 1. The highest BCUT2D eigenvalue weighted by Gasteiger charge is 2.23. The average Bonchev–Trinajstić information content (AvgIpc) is 2.27. The van der Waals surface area contributed by atoms with E-state index in [0.29, 0.717) is 0 Å². The Bertz CT molecular complexity index is 382. The second-order valence-corrected chi connectivity index (χ2v) is 3.18. The van der Waals surface area contributed by atoms with Crippen LogP contribution in [0.4, 0.5) is 5.69 Å². The van der Waals surface area contributed by atoms with E-state index in [1.807, 2.05) is 0 Å². The molecule has 0 aliphatic rings. The predicted molar refractivity (Wildman–Crippen MR) is 54.6 cm³/mol. The van der Waals surface area contributed by atoms with Crippen molar-refractivity contribution < 1.29 is 20.2 Å². The Morgan fingerprint density at radius 2 is 2.12 bits per heavy atom. The monoisotopic (exact) mass is 227 g/mol. The topological polar surface area (TPSA) is 130 Å². The third kappa shape index (κ3) is 2.67. The lowest BCUT2D eigenvalue weighted by Crippen LogP contribution is -2.36. The van der Waals surface area contributed by atoms with E-state index in [4.69, 9.17) is 16.0 Å². The van der Waals surface area contributed by atoms with Crippen molar-refractivity contribution >= 4 is 11.7 Å². The van der Waals surface area contributed by atoms with Crippen LogP contribution >= 0.6 is 0 Å². The lowest BCUT2D eigenvalue weighted by Gasteiger charge is -2.23. The first-order valence-electron chi connectivity index (χ1n) is 4.36. The summed E-state index contributed by atoms with van der Waals surface area (Å²) in [6, 6.07) is 3.76. The molecule has 1 aromatic carbocycles. The normalized spacial score (nSPS) is 14.2. The number of carboxylic acids is 1. The van der Waals surface area contributed by atoms with Gasteiger partial charge in [-0.3, -0.25) is 10.0 Å². The highest BCUT2D eigenvalue weighted by molar-refractivity contribution is 5.74. The van der Waals surface area contributed by atoms with Gasteiger partial charge in [0.25, 0.3) is 0 Å². The van der Waals surface area contributed by atoms with Crippen molar-refractivity contribution in [2.45, 2.75) is 12.1 Å². The summed E-state index contributed by atoms with van der Waals surface area (Å²) >= 11 is 0. The van der Waals surface area contributed by atoms with Crippen molar-refractivity contribution in [1.29, 1.82) is 0 Å². The molecule has 5 N–H and O–H groups in total. The summed E-state index contributed by atoms with van der Waals surface area (Å²) in [5.41, 5.74) is 5.24. The zero-order chi connectivity index (χ0) is 12.3. The smallest absolute Gasteiger partial charge is 0.323 e. The Morgan fingerprint density at radius 3 is 2.62 bits per heavy atom. The van der Waals surface area contributed by atoms with Gasteiger partial charge in [0.2, 0.25) is 0 Å². The van der Waals surface area contributed by atoms with Gasteiger partial charge in [-0.15, -0.1) is 0 Å². The summed E-state index contributed by atoms with van der Waals surface area (Å²) in [6.45, 7) is 0. The minimum Gasteiger partial charge on any atom is -0.733 e. The minimum absolute atomic E-state index is 0.117. The molecule has 16 heavy (non-hydrogen) atoms. The van der Waals surface area contributed by atoms with Gasteiger partial charge in [-0.2, -0.15) is 0 Å². The number of hydrogen-bond acceptors (Lipinski definition) is 6. The number of carbonyl (C=O) groups is 1. The summed E-state index contributed by atoms with van der Waals surface area (Å²) in [5, 5.41) is 37.0. The second-order valence-electron chi connectivity index (χ2n) is 3.18. The van der Waals surface area contributed by atoms with Crippen LogP contribution in [0.3, 0.4) is 0 Å². The fraction of sp³-hybridized carbons (Fsp3) is 0.222. The molecular weight excluding hydrogens is 216 g/mol. The van der Waals surface area contributed by atoms with Crippen molar-refractivity contribution in [2.24, 2.45) is 5.73 Å². The third-order valence-corrected chi connectivity index (χ3v) is 2.06. The number of anilines is 1. The number of aliphatic hydroxyl groups excluding tert-OH is 1. The summed E-state index contributed by atoms with van der Waals surface area (Å²) < 4.78 is 0. The molecule has 88 valence electrons. The molecule has 0 bridgehead atoms. The minimum atomic E-state index is -1.49. The van der Waals surface area contributed by atoms with Crippen molar-refractivity contribution in [3.8, 4) is 0 Å². The number of nitrogens with two attached hydrogens (primary N) is 1. The molecule has 0 aromatic heterocycles. The molecule has 1 rings (SSSR count). The predicted octanol–water partition coefficient (Wildman–Crippen LogP) is -0.175. The standard InChI is InChI=1S/C9H11N2O5/c10-7(9(13)14)8(12)5-2-1-3-6(4-5)11(15)16/h1-4,7-8,12,15H,10H2,(H,13,14)/q-1/t7-,8+/m0/s1. The molecule has 0 aliphatic carbocycles. The number of nitrogens with zero attached hydrogens (tertiary/aromatic N) is 1. The van der Waals surface area contributed by atoms with Gasteiger partial charge in [0.1, 0.15) is 12.1 Å². The number of aliphatic hydroxyl groups is 1. The number of rotatable bonds is 4. The van der Waals surface area contributed by atoms with E-state index in [1.165, 1.54) is 18.2 Å². The van der Waals surface area contributed by atoms with Crippen LogP contribution in [0.5, 0.6) is 0 Å². The van der Waals surface area contributed by atoms with Gasteiger partial charge < -0.3 is 26.4 Å². The first kappa shape index (κ1) is 12.4. The van der Waals surface area contributed by atoms with Crippen LogP contribution in [0, 0.1) is 5.21 Å². The molecule has 1 aromatic rings. The van der Waals surface area contributed by atoms with Crippen LogP contribution < -0.4 is 11.0 Å². The molecule has 0 radical (unpaired) electrons. The zero-order valence-electron chi connectivity index (χ0n) is 8.15. The highest BCUT2D eigenvalue weighted by Crippen LogP contribution is 2.21. The van der Waals surface area contributed by atoms with Crippen LogP contribution in [-0.2, 0) is 4.79 Å². The molecule has 0 unspecified atom stereocenters. The molecule has 2 atom stereocenters. The van der Waals surface area contributed by atoms with Crippen molar-refractivity contribution in [3.63, 3.8) is 0 Å². The van der Waals surface area contributed by atoms with Gasteiger partial charge in [-0.05, 0) is 17.7 Å². The van der Waals surface area contributed by atoms with Gasteiger partial charge >= 0.3 is 5.97 Å². The molecule has 7 nitrogen and oxygen atoms in total. The van der Waals surface area contributed by atoms with Crippen molar-refractivity contribution in [2.75, 3.05) is 5.23 Å². The molecule has 0 heterocycles. The molecule has 0 fully saturated rings. The van der Waals surface area contributed by atoms with E-state index < -0.39 is 18.1 Å². The quantitative estimate of drug-likeness (QED) is 0.525. The molecule has 7 heteroatoms. The van der Waals surface area contributed by atoms with E-state index in [2.05, 4.69) is 0 Å². The summed E-state index contributed by atoms with van der Waals surface area (Å²) in [5.74, 6) is -1.36. The molecule has 0 amide bonds. The number of hydrogen-bond donors (Lipinski definition) is 4. The molecule has 0 saturated carbocycles. The van der Waals surface area contributed by atoms with E-state index in [-0.39, 0.29) is 16.5 Å². The van der Waals surface area contributed by atoms with Gasteiger partial charge in [0.15, 0.2) is 0 Å². The first-order chi connectivity index (χ1) is 7.43. The Morgan fingerprint density at radius 1 is 1.50 bits per heavy atom. The van der Waals surface area contributed by atoms with Gasteiger partial charge in [-0.1, -0.05) is 12.1 Å². The third-order valence-electron chi connectivity index (χ3n) is 2.06. The second kappa shape index (κ2) is 4.90. The number of carboxylic acid groups (broad SMARTS) is 1. The van der Waals surface area contributed by atoms with Crippen LogP contribution in [0.2, 0.25) is 0 Å². The molecular formula is C9H11N2O5-. The molecule has 0 spiro atoms. The Hall–Kier alpha value is -1.67. The van der Waals surface area contributed by atoms with Crippen LogP contribution in [0.15, 0.2) is 24.3 Å². The van der Waals surface area contributed by atoms with E-state index in [9.17, 15) is 15.1 Å². The van der Waals surface area contributed by atoms with Crippen LogP contribution in [0.1, 0.15) is 11.7 Å². The van der Waals surface area contributed by atoms with E-state index in [1.54, 1.807) is 0 Å². The fourth-order valence-corrected chi connectivity index (χ4v) is 1.17. The van der Waals surface area contributed by atoms with Crippen LogP contribution in [0.25, 0.3) is 0 Å².